The molecule has 0 aromatic heterocycles. The third-order valence-corrected chi connectivity index (χ3v) is 3.92. The number of halogens is 2. The Morgan fingerprint density at radius 3 is 2.45 bits per heavy atom. The quantitative estimate of drug-likeness (QED) is 0.829. The first-order valence-corrected chi connectivity index (χ1v) is 7.89. The van der Waals surface area contributed by atoms with Gasteiger partial charge in [0.15, 0.2) is 0 Å². The molecule has 2 N–H and O–H groups in total. The molecule has 1 aromatic rings. The second-order valence-electron chi connectivity index (χ2n) is 5.29. The smallest absolute Gasteiger partial charge is 0.0945 e. The maximum absolute atomic E-state index is 9.93. The summed E-state index contributed by atoms with van der Waals surface area (Å²) in [6, 6.07) is 5.24. The van der Waals surface area contributed by atoms with Gasteiger partial charge in [-0.05, 0) is 31.0 Å². The van der Waals surface area contributed by atoms with E-state index in [1.165, 1.54) is 19.3 Å². The SMILES string of the molecule is OC(CNc1cc(Cl)cc(Cl)c1)COC1CCCCC1. The predicted octanol–water partition coefficient (Wildman–Crippen LogP) is 4.12. The number of nitrogens with one attached hydrogen (secondary N) is 1. The molecule has 1 fully saturated rings. The summed E-state index contributed by atoms with van der Waals surface area (Å²) >= 11 is 11.8. The van der Waals surface area contributed by atoms with Crippen molar-refractivity contribution in [2.75, 3.05) is 18.5 Å². The fourth-order valence-corrected chi connectivity index (χ4v) is 2.96. The normalized spacial score (nSPS) is 17.9. The van der Waals surface area contributed by atoms with Crippen LogP contribution >= 0.6 is 23.2 Å². The predicted molar refractivity (Wildman–Crippen MR) is 83.8 cm³/mol. The van der Waals surface area contributed by atoms with Crippen LogP contribution in [0.15, 0.2) is 18.2 Å². The van der Waals surface area contributed by atoms with Gasteiger partial charge in [-0.25, -0.2) is 0 Å². The summed E-state index contributed by atoms with van der Waals surface area (Å²) in [7, 11) is 0. The second-order valence-corrected chi connectivity index (χ2v) is 6.16. The first kappa shape index (κ1) is 15.9. The molecule has 0 saturated heterocycles. The van der Waals surface area contributed by atoms with E-state index in [2.05, 4.69) is 5.32 Å². The summed E-state index contributed by atoms with van der Waals surface area (Å²) in [5, 5.41) is 14.2. The molecule has 1 saturated carbocycles. The average molecular weight is 318 g/mol. The number of rotatable bonds is 6. The fourth-order valence-electron chi connectivity index (χ4n) is 2.43. The van der Waals surface area contributed by atoms with Gasteiger partial charge in [0.1, 0.15) is 0 Å². The number of hydrogen-bond acceptors (Lipinski definition) is 3. The Bertz CT molecular complexity index is 402. The summed E-state index contributed by atoms with van der Waals surface area (Å²) in [6.07, 6.45) is 5.79. The van der Waals surface area contributed by atoms with Crippen molar-refractivity contribution in [3.63, 3.8) is 0 Å². The van der Waals surface area contributed by atoms with E-state index in [1.54, 1.807) is 18.2 Å². The van der Waals surface area contributed by atoms with Gasteiger partial charge >= 0.3 is 0 Å². The molecule has 0 amide bonds. The zero-order chi connectivity index (χ0) is 14.4. The minimum Gasteiger partial charge on any atom is -0.389 e. The number of aliphatic hydroxyl groups is 1. The Morgan fingerprint density at radius 2 is 1.80 bits per heavy atom. The van der Waals surface area contributed by atoms with Crippen molar-refractivity contribution < 1.29 is 9.84 Å². The first-order chi connectivity index (χ1) is 9.63. The van der Waals surface area contributed by atoms with Gasteiger partial charge in [-0.15, -0.1) is 0 Å². The van der Waals surface area contributed by atoms with Crippen molar-refractivity contribution in [1.82, 2.24) is 0 Å². The zero-order valence-electron chi connectivity index (χ0n) is 11.4. The van der Waals surface area contributed by atoms with Gasteiger partial charge in [0.2, 0.25) is 0 Å². The van der Waals surface area contributed by atoms with Crippen LogP contribution in [0.3, 0.4) is 0 Å². The highest BCUT2D eigenvalue weighted by Gasteiger charge is 2.15. The molecule has 2 rings (SSSR count). The van der Waals surface area contributed by atoms with Crippen molar-refractivity contribution in [1.29, 1.82) is 0 Å². The number of benzene rings is 1. The molecule has 0 spiro atoms. The van der Waals surface area contributed by atoms with Crippen molar-refractivity contribution >= 4 is 28.9 Å². The third-order valence-electron chi connectivity index (χ3n) is 3.48. The highest BCUT2D eigenvalue weighted by atomic mass is 35.5. The molecule has 3 nitrogen and oxygen atoms in total. The van der Waals surface area contributed by atoms with E-state index in [0.29, 0.717) is 29.3 Å². The van der Waals surface area contributed by atoms with E-state index in [0.717, 1.165) is 18.5 Å². The number of anilines is 1. The lowest BCUT2D eigenvalue weighted by atomic mass is 9.98. The summed E-state index contributed by atoms with van der Waals surface area (Å²) in [4.78, 5) is 0. The fraction of sp³-hybridized carbons (Fsp3) is 0.600. The molecule has 1 aromatic carbocycles. The van der Waals surface area contributed by atoms with Crippen LogP contribution in [0.4, 0.5) is 5.69 Å². The van der Waals surface area contributed by atoms with Crippen LogP contribution < -0.4 is 5.32 Å². The highest BCUT2D eigenvalue weighted by molar-refractivity contribution is 6.35. The van der Waals surface area contributed by atoms with E-state index in [4.69, 9.17) is 27.9 Å². The van der Waals surface area contributed by atoms with Crippen molar-refractivity contribution in [2.45, 2.75) is 44.3 Å². The molecule has 1 aliphatic carbocycles. The summed E-state index contributed by atoms with van der Waals surface area (Å²) in [5.41, 5.74) is 0.805. The van der Waals surface area contributed by atoms with Crippen LogP contribution in [0.5, 0.6) is 0 Å². The monoisotopic (exact) mass is 317 g/mol. The summed E-state index contributed by atoms with van der Waals surface area (Å²) in [5.74, 6) is 0. The van der Waals surface area contributed by atoms with Crippen LogP contribution in [-0.2, 0) is 4.74 Å². The first-order valence-electron chi connectivity index (χ1n) is 7.13. The molecular weight excluding hydrogens is 297 g/mol. The van der Waals surface area contributed by atoms with Crippen LogP contribution in [-0.4, -0.2) is 30.5 Å². The lowest BCUT2D eigenvalue weighted by Crippen LogP contribution is -2.28. The lowest BCUT2D eigenvalue weighted by Gasteiger charge is -2.23. The Morgan fingerprint density at radius 1 is 1.15 bits per heavy atom. The molecule has 112 valence electrons. The van der Waals surface area contributed by atoms with Crippen molar-refractivity contribution in [2.24, 2.45) is 0 Å². The highest BCUT2D eigenvalue weighted by Crippen LogP contribution is 2.23. The van der Waals surface area contributed by atoms with E-state index < -0.39 is 6.10 Å². The van der Waals surface area contributed by atoms with Crippen LogP contribution in [0, 0.1) is 0 Å². The van der Waals surface area contributed by atoms with Crippen LogP contribution in [0.1, 0.15) is 32.1 Å². The molecule has 0 radical (unpaired) electrons. The molecule has 1 aliphatic rings. The second kappa shape index (κ2) is 8.08. The van der Waals surface area contributed by atoms with Crippen LogP contribution in [0.25, 0.3) is 0 Å². The molecule has 1 atom stereocenters. The molecule has 0 bridgehead atoms. The molecule has 20 heavy (non-hydrogen) atoms. The number of hydrogen-bond donors (Lipinski definition) is 2. The molecule has 0 aliphatic heterocycles. The van der Waals surface area contributed by atoms with Gasteiger partial charge in [0, 0.05) is 22.3 Å². The lowest BCUT2D eigenvalue weighted by molar-refractivity contribution is -0.0195. The number of ether oxygens (including phenoxy) is 1. The topological polar surface area (TPSA) is 41.5 Å². The molecule has 5 heteroatoms. The minimum atomic E-state index is -0.533. The minimum absolute atomic E-state index is 0.319. The van der Waals surface area contributed by atoms with Crippen molar-refractivity contribution in [3.8, 4) is 0 Å². The summed E-state index contributed by atoms with van der Waals surface area (Å²) < 4.78 is 5.74. The Kier molecular flexibility index (Phi) is 6.43. The van der Waals surface area contributed by atoms with E-state index in [1.807, 2.05) is 0 Å². The zero-order valence-corrected chi connectivity index (χ0v) is 13.0. The largest absolute Gasteiger partial charge is 0.389 e. The molecule has 0 heterocycles. The van der Waals surface area contributed by atoms with Gasteiger partial charge in [-0.2, -0.15) is 0 Å². The Balaban J connectivity index is 1.70. The average Bonchev–Trinajstić information content (AvgIpc) is 2.43. The summed E-state index contributed by atoms with van der Waals surface area (Å²) in [6.45, 7) is 0.787. The Hall–Kier alpha value is -0.480. The number of aliphatic hydroxyl groups excluding tert-OH is 1. The third kappa shape index (κ3) is 5.49. The maximum atomic E-state index is 9.93. The van der Waals surface area contributed by atoms with Crippen molar-refractivity contribution in [3.05, 3.63) is 28.2 Å². The maximum Gasteiger partial charge on any atom is 0.0945 e. The molecular formula is C15H21Cl2NO2. The van der Waals surface area contributed by atoms with Gasteiger partial charge in [-0.1, -0.05) is 42.5 Å². The van der Waals surface area contributed by atoms with Crippen LogP contribution in [0.2, 0.25) is 10.0 Å². The Labute approximate surface area is 130 Å². The van der Waals surface area contributed by atoms with Gasteiger partial charge in [0.05, 0.1) is 18.8 Å². The molecule has 1 unspecified atom stereocenters. The van der Waals surface area contributed by atoms with E-state index >= 15 is 0 Å². The standard InChI is InChI=1S/C15H21Cl2NO2/c16-11-6-12(17)8-13(7-11)18-9-14(19)10-20-15-4-2-1-3-5-15/h6-8,14-15,18-19H,1-5,9-10H2. The van der Waals surface area contributed by atoms with Gasteiger partial charge in [0.25, 0.3) is 0 Å². The van der Waals surface area contributed by atoms with E-state index in [-0.39, 0.29) is 0 Å². The van der Waals surface area contributed by atoms with E-state index in [9.17, 15) is 5.11 Å². The van der Waals surface area contributed by atoms with Gasteiger partial charge < -0.3 is 15.2 Å². The van der Waals surface area contributed by atoms with Gasteiger partial charge in [-0.3, -0.25) is 0 Å².